The third-order valence-electron chi connectivity index (χ3n) is 4.53. The first-order valence-electron chi connectivity index (χ1n) is 8.08. The molecule has 116 valence electrons. The van der Waals surface area contributed by atoms with Crippen molar-refractivity contribution in [3.05, 3.63) is 0 Å². The monoisotopic (exact) mass is 283 g/mol. The highest BCUT2D eigenvalue weighted by atomic mass is 16.5. The maximum atomic E-state index is 11.9. The molecule has 0 amide bonds. The van der Waals surface area contributed by atoms with Crippen molar-refractivity contribution in [3.63, 3.8) is 0 Å². The molecule has 0 aromatic heterocycles. The molecule has 20 heavy (non-hydrogen) atoms. The lowest BCUT2D eigenvalue weighted by Gasteiger charge is -2.28. The van der Waals surface area contributed by atoms with Gasteiger partial charge >= 0.3 is 5.97 Å². The van der Waals surface area contributed by atoms with E-state index in [1.54, 1.807) is 0 Å². The molecule has 2 rings (SSSR count). The molecule has 2 aliphatic rings. The molecule has 0 bridgehead atoms. The lowest BCUT2D eigenvalue weighted by molar-refractivity contribution is -0.148. The predicted molar refractivity (Wildman–Crippen MR) is 78.6 cm³/mol. The fourth-order valence-electron chi connectivity index (χ4n) is 3.09. The first-order valence-corrected chi connectivity index (χ1v) is 8.08. The zero-order valence-corrected chi connectivity index (χ0v) is 13.0. The van der Waals surface area contributed by atoms with Crippen molar-refractivity contribution in [2.75, 3.05) is 20.3 Å². The number of esters is 1. The minimum Gasteiger partial charge on any atom is -0.468 e. The zero-order chi connectivity index (χ0) is 14.4. The number of hydrogen-bond donors (Lipinski definition) is 1. The number of carbonyl (C=O) groups excluding carboxylic acids is 1. The van der Waals surface area contributed by atoms with Crippen LogP contribution in [0.25, 0.3) is 0 Å². The molecule has 1 unspecified atom stereocenters. The van der Waals surface area contributed by atoms with E-state index in [9.17, 15) is 4.79 Å². The third kappa shape index (κ3) is 4.74. The summed E-state index contributed by atoms with van der Waals surface area (Å²) in [7, 11) is 1.46. The molecule has 0 saturated heterocycles. The van der Waals surface area contributed by atoms with Crippen molar-refractivity contribution in [2.24, 2.45) is 5.92 Å². The van der Waals surface area contributed by atoms with Gasteiger partial charge in [-0.25, -0.2) is 0 Å². The summed E-state index contributed by atoms with van der Waals surface area (Å²) in [5, 5.41) is 3.42. The average molecular weight is 283 g/mol. The number of ether oxygens (including phenoxy) is 2. The summed E-state index contributed by atoms with van der Waals surface area (Å²) in [4.78, 5) is 11.9. The highest BCUT2D eigenvalue weighted by molar-refractivity contribution is 5.80. The number of hydrogen-bond acceptors (Lipinski definition) is 4. The molecule has 2 aliphatic carbocycles. The summed E-state index contributed by atoms with van der Waals surface area (Å²) in [6.07, 6.45) is 9.39. The van der Waals surface area contributed by atoms with Gasteiger partial charge in [0.2, 0.25) is 0 Å². The topological polar surface area (TPSA) is 47.6 Å². The second-order valence-corrected chi connectivity index (χ2v) is 6.57. The molecule has 0 spiro atoms. The summed E-state index contributed by atoms with van der Waals surface area (Å²) in [6.45, 7) is 3.59. The molecule has 4 nitrogen and oxygen atoms in total. The van der Waals surface area contributed by atoms with Crippen LogP contribution in [-0.2, 0) is 14.3 Å². The Hall–Kier alpha value is -0.610. The molecule has 2 fully saturated rings. The quantitative estimate of drug-likeness (QED) is 0.522. The van der Waals surface area contributed by atoms with Gasteiger partial charge in [-0.3, -0.25) is 10.1 Å². The molecule has 1 atom stereocenters. The van der Waals surface area contributed by atoms with E-state index in [4.69, 9.17) is 9.47 Å². The smallest absolute Gasteiger partial charge is 0.325 e. The van der Waals surface area contributed by atoms with Crippen LogP contribution in [0, 0.1) is 5.92 Å². The highest BCUT2D eigenvalue weighted by Gasteiger charge is 2.38. The molecule has 0 aromatic rings. The van der Waals surface area contributed by atoms with Crippen molar-refractivity contribution < 1.29 is 14.3 Å². The fourth-order valence-corrected chi connectivity index (χ4v) is 3.09. The van der Waals surface area contributed by atoms with Gasteiger partial charge in [0.25, 0.3) is 0 Å². The summed E-state index contributed by atoms with van der Waals surface area (Å²) >= 11 is 0. The first-order chi connectivity index (χ1) is 9.64. The van der Waals surface area contributed by atoms with Gasteiger partial charge in [-0.1, -0.05) is 12.8 Å². The molecule has 1 N–H and O–H groups in total. The average Bonchev–Trinajstić information content (AvgIpc) is 3.09. The summed E-state index contributed by atoms with van der Waals surface area (Å²) in [6, 6.07) is 0.499. The van der Waals surface area contributed by atoms with E-state index in [0.717, 1.165) is 32.0 Å². The minimum atomic E-state index is -0.549. The van der Waals surface area contributed by atoms with Crippen LogP contribution in [0.4, 0.5) is 0 Å². The van der Waals surface area contributed by atoms with Gasteiger partial charge in [0.15, 0.2) is 0 Å². The Bertz CT molecular complexity index is 311. The summed E-state index contributed by atoms with van der Waals surface area (Å²) in [5.74, 6) is 0.617. The Morgan fingerprint density at radius 2 is 1.95 bits per heavy atom. The molecule has 0 heterocycles. The molecule has 0 radical (unpaired) electrons. The first kappa shape index (κ1) is 15.8. The number of methoxy groups -OCH3 is 1. The van der Waals surface area contributed by atoms with Gasteiger partial charge in [-0.2, -0.15) is 0 Å². The number of nitrogens with one attached hydrogen (secondary N) is 1. The van der Waals surface area contributed by atoms with E-state index in [0.29, 0.717) is 6.04 Å². The van der Waals surface area contributed by atoms with E-state index in [-0.39, 0.29) is 5.97 Å². The van der Waals surface area contributed by atoms with Crippen LogP contribution in [0.2, 0.25) is 0 Å². The Morgan fingerprint density at radius 3 is 2.55 bits per heavy atom. The second-order valence-electron chi connectivity index (χ2n) is 6.57. The molecule has 2 saturated carbocycles. The van der Waals surface area contributed by atoms with Crippen LogP contribution in [0.5, 0.6) is 0 Å². The summed E-state index contributed by atoms with van der Waals surface area (Å²) in [5.41, 5.74) is -0.549. The second kappa shape index (κ2) is 7.41. The molecule has 4 heteroatoms. The van der Waals surface area contributed by atoms with Crippen molar-refractivity contribution in [3.8, 4) is 0 Å². The largest absolute Gasteiger partial charge is 0.468 e. The van der Waals surface area contributed by atoms with Crippen molar-refractivity contribution in [2.45, 2.75) is 69.9 Å². The minimum absolute atomic E-state index is 0.153. The van der Waals surface area contributed by atoms with Crippen LogP contribution >= 0.6 is 0 Å². The van der Waals surface area contributed by atoms with E-state index in [2.05, 4.69) is 5.32 Å². The van der Waals surface area contributed by atoms with Gasteiger partial charge in [-0.15, -0.1) is 0 Å². The zero-order valence-electron chi connectivity index (χ0n) is 13.0. The highest BCUT2D eigenvalue weighted by Crippen LogP contribution is 2.26. The van der Waals surface area contributed by atoms with Gasteiger partial charge in [0, 0.05) is 19.3 Å². The molecular formula is C16H29NO3. The molecule has 0 aliphatic heterocycles. The van der Waals surface area contributed by atoms with Crippen molar-refractivity contribution in [1.82, 2.24) is 5.32 Å². The van der Waals surface area contributed by atoms with E-state index in [1.807, 2.05) is 6.92 Å². The van der Waals surface area contributed by atoms with Crippen molar-refractivity contribution >= 4 is 5.97 Å². The lowest BCUT2D eigenvalue weighted by atomic mass is 9.95. The number of carbonyl (C=O) groups is 1. The number of rotatable bonds is 9. The Labute approximate surface area is 122 Å². The standard InChI is InChI=1S/C16H29NO3/c1-16(15(18)19-2,17-14-8-9-14)10-5-11-20-12-13-6-3-4-7-13/h13-14,17H,3-12H2,1-2H3. The van der Waals surface area contributed by atoms with E-state index < -0.39 is 5.54 Å². The van der Waals surface area contributed by atoms with Crippen LogP contribution in [0.3, 0.4) is 0 Å². The molecular weight excluding hydrogens is 254 g/mol. The predicted octanol–water partition coefficient (Wildman–Crippen LogP) is 2.66. The normalized spacial score (nSPS) is 22.7. The maximum Gasteiger partial charge on any atom is 0.325 e. The fraction of sp³-hybridized carbons (Fsp3) is 0.938. The van der Waals surface area contributed by atoms with Crippen LogP contribution in [0.15, 0.2) is 0 Å². The van der Waals surface area contributed by atoms with Gasteiger partial charge in [0.1, 0.15) is 5.54 Å². The summed E-state index contributed by atoms with van der Waals surface area (Å²) < 4.78 is 10.7. The van der Waals surface area contributed by atoms with E-state index >= 15 is 0 Å². The van der Waals surface area contributed by atoms with E-state index in [1.165, 1.54) is 45.6 Å². The van der Waals surface area contributed by atoms with Gasteiger partial charge in [-0.05, 0) is 51.4 Å². The SMILES string of the molecule is COC(=O)C(C)(CCCOCC1CCCC1)NC1CC1. The lowest BCUT2D eigenvalue weighted by Crippen LogP contribution is -2.51. The maximum absolute atomic E-state index is 11.9. The van der Waals surface area contributed by atoms with Crippen LogP contribution < -0.4 is 5.32 Å². The van der Waals surface area contributed by atoms with Gasteiger partial charge in [0.05, 0.1) is 7.11 Å². The van der Waals surface area contributed by atoms with Crippen LogP contribution in [0.1, 0.15) is 58.3 Å². The molecule has 0 aromatic carbocycles. The van der Waals surface area contributed by atoms with Crippen LogP contribution in [-0.4, -0.2) is 37.9 Å². The Kier molecular flexibility index (Phi) is 5.85. The third-order valence-corrected chi connectivity index (χ3v) is 4.53. The van der Waals surface area contributed by atoms with Gasteiger partial charge < -0.3 is 9.47 Å². The Morgan fingerprint density at radius 1 is 1.25 bits per heavy atom. The Balaban J connectivity index is 1.64. The van der Waals surface area contributed by atoms with Crippen molar-refractivity contribution in [1.29, 1.82) is 0 Å².